The molecule has 0 aromatic heterocycles. The summed E-state index contributed by atoms with van der Waals surface area (Å²) in [5.74, 6) is 1.57. The Labute approximate surface area is 258 Å². The molecule has 0 bridgehead atoms. The molecule has 1 heterocycles. The molecule has 0 aliphatic carbocycles. The van der Waals surface area contributed by atoms with Crippen LogP contribution in [0.3, 0.4) is 0 Å². The van der Waals surface area contributed by atoms with Gasteiger partial charge in [0.15, 0.2) is 0 Å². The van der Waals surface area contributed by atoms with E-state index in [9.17, 15) is 0 Å². The fourth-order valence-electron chi connectivity index (χ4n) is 4.68. The van der Waals surface area contributed by atoms with Crippen molar-refractivity contribution in [3.63, 3.8) is 0 Å². The van der Waals surface area contributed by atoms with Crippen LogP contribution in [-0.4, -0.2) is 35.0 Å². The van der Waals surface area contributed by atoms with Gasteiger partial charge in [0, 0.05) is 24.6 Å². The monoisotopic (exact) mass is 637 g/mol. The maximum absolute atomic E-state index is 15.2. The van der Waals surface area contributed by atoms with Crippen molar-refractivity contribution >= 4 is 27.0 Å². The Morgan fingerprint density at radius 3 is 1.07 bits per heavy atom. The maximum Gasteiger partial charge on any atom is 0.360 e. The van der Waals surface area contributed by atoms with Crippen molar-refractivity contribution in [1.29, 1.82) is 0 Å². The average molecular weight is 638 g/mol. The SMILES string of the molecule is O=P(OCc1ccccc1)(OCc1ccccc1)C(N1CCSCC1)P(=O)(OCc1ccccc1)OCc1ccccc1. The fourth-order valence-corrected chi connectivity index (χ4v) is 11.1. The molecule has 0 saturated carbocycles. The predicted molar refractivity (Wildman–Crippen MR) is 173 cm³/mol. The Balaban J connectivity index is 1.53. The molecule has 0 spiro atoms. The first-order chi connectivity index (χ1) is 21.0. The number of hydrogen-bond acceptors (Lipinski definition) is 8. The smallest absolute Gasteiger partial charge is 0.302 e. The molecular formula is C33H37NO6P2S. The third-order valence-electron chi connectivity index (χ3n) is 6.95. The molecule has 0 unspecified atom stereocenters. The van der Waals surface area contributed by atoms with E-state index in [0.29, 0.717) is 13.1 Å². The number of hydrogen-bond donors (Lipinski definition) is 0. The number of nitrogens with zero attached hydrogens (tertiary/aromatic N) is 1. The van der Waals surface area contributed by atoms with Gasteiger partial charge in [-0.25, -0.2) is 0 Å². The molecular weight excluding hydrogens is 600 g/mol. The van der Waals surface area contributed by atoms with Gasteiger partial charge in [0.2, 0.25) is 5.52 Å². The maximum atomic E-state index is 15.2. The van der Waals surface area contributed by atoms with Crippen LogP contribution in [0.4, 0.5) is 0 Å². The minimum absolute atomic E-state index is 0.0172. The highest BCUT2D eigenvalue weighted by molar-refractivity contribution is 7.99. The van der Waals surface area contributed by atoms with E-state index < -0.39 is 20.7 Å². The van der Waals surface area contributed by atoms with Crippen LogP contribution >= 0.6 is 27.0 Å². The first-order valence-corrected chi connectivity index (χ1v) is 18.7. The van der Waals surface area contributed by atoms with Gasteiger partial charge in [0.05, 0.1) is 26.4 Å². The van der Waals surface area contributed by atoms with E-state index >= 15 is 9.13 Å². The van der Waals surface area contributed by atoms with E-state index in [0.717, 1.165) is 33.8 Å². The molecule has 0 atom stereocenters. The average Bonchev–Trinajstić information content (AvgIpc) is 3.07. The highest BCUT2D eigenvalue weighted by atomic mass is 32.2. The molecule has 0 N–H and O–H groups in total. The second-order valence-electron chi connectivity index (χ2n) is 10.1. The molecule has 10 heteroatoms. The predicted octanol–water partition coefficient (Wildman–Crippen LogP) is 8.57. The number of thioether (sulfide) groups is 1. The third-order valence-corrected chi connectivity index (χ3v) is 13.3. The molecule has 5 rings (SSSR count). The Bertz CT molecular complexity index is 1270. The lowest BCUT2D eigenvalue weighted by Crippen LogP contribution is -2.42. The fraction of sp³-hybridized carbons (Fsp3) is 0.273. The van der Waals surface area contributed by atoms with Crippen LogP contribution in [0.15, 0.2) is 121 Å². The summed E-state index contributed by atoms with van der Waals surface area (Å²) >= 11 is 1.79. The molecule has 43 heavy (non-hydrogen) atoms. The van der Waals surface area contributed by atoms with E-state index in [1.807, 2.05) is 126 Å². The summed E-state index contributed by atoms with van der Waals surface area (Å²) in [6, 6.07) is 37.9. The van der Waals surface area contributed by atoms with Gasteiger partial charge in [-0.1, -0.05) is 121 Å². The molecule has 4 aromatic rings. The molecule has 1 aliphatic rings. The quantitative estimate of drug-likeness (QED) is 0.120. The van der Waals surface area contributed by atoms with Gasteiger partial charge in [-0.15, -0.1) is 0 Å². The van der Waals surface area contributed by atoms with Crippen molar-refractivity contribution in [1.82, 2.24) is 4.90 Å². The van der Waals surface area contributed by atoms with Crippen LogP contribution < -0.4 is 0 Å². The van der Waals surface area contributed by atoms with Gasteiger partial charge in [0.25, 0.3) is 0 Å². The topological polar surface area (TPSA) is 74.3 Å². The van der Waals surface area contributed by atoms with Crippen molar-refractivity contribution in [2.75, 3.05) is 24.6 Å². The van der Waals surface area contributed by atoms with E-state index in [2.05, 4.69) is 0 Å². The van der Waals surface area contributed by atoms with Crippen molar-refractivity contribution in [2.24, 2.45) is 0 Å². The van der Waals surface area contributed by atoms with E-state index in [1.165, 1.54) is 0 Å². The molecule has 1 aliphatic heterocycles. The Hall–Kier alpha value is -2.51. The lowest BCUT2D eigenvalue weighted by molar-refractivity contribution is 0.135. The zero-order chi connectivity index (χ0) is 29.8. The summed E-state index contributed by atoms with van der Waals surface area (Å²) in [4.78, 5) is 1.92. The molecule has 1 saturated heterocycles. The Morgan fingerprint density at radius 1 is 0.512 bits per heavy atom. The first kappa shape index (κ1) is 31.9. The molecule has 1 fully saturated rings. The van der Waals surface area contributed by atoms with Crippen molar-refractivity contribution < 1.29 is 27.2 Å². The van der Waals surface area contributed by atoms with Crippen LogP contribution in [0.25, 0.3) is 0 Å². The van der Waals surface area contributed by atoms with Crippen LogP contribution in [0.1, 0.15) is 22.3 Å². The summed E-state index contributed by atoms with van der Waals surface area (Å²) in [5.41, 5.74) is 2.03. The largest absolute Gasteiger partial charge is 0.360 e. The van der Waals surface area contributed by atoms with Crippen molar-refractivity contribution in [2.45, 2.75) is 32.0 Å². The van der Waals surface area contributed by atoms with Crippen molar-refractivity contribution in [3.05, 3.63) is 144 Å². The number of benzene rings is 4. The summed E-state index contributed by atoms with van der Waals surface area (Å²) in [6.45, 7) is 1.14. The molecule has 7 nitrogen and oxygen atoms in total. The summed E-state index contributed by atoms with van der Waals surface area (Å²) < 4.78 is 55.4. The molecule has 0 amide bonds. The molecule has 4 aromatic carbocycles. The second-order valence-corrected chi connectivity index (χ2v) is 15.9. The number of rotatable bonds is 15. The Kier molecular flexibility index (Phi) is 11.9. The van der Waals surface area contributed by atoms with Crippen LogP contribution in [0.5, 0.6) is 0 Å². The Morgan fingerprint density at radius 2 is 0.791 bits per heavy atom. The highest BCUT2D eigenvalue weighted by Gasteiger charge is 2.55. The summed E-state index contributed by atoms with van der Waals surface area (Å²) in [6.07, 6.45) is 0. The summed E-state index contributed by atoms with van der Waals surface area (Å²) in [7, 11) is -8.38. The molecule has 0 radical (unpaired) electrons. The van der Waals surface area contributed by atoms with Crippen LogP contribution in [-0.2, 0) is 53.7 Å². The van der Waals surface area contributed by atoms with Gasteiger partial charge in [0.1, 0.15) is 0 Å². The lowest BCUT2D eigenvalue weighted by Gasteiger charge is -2.40. The van der Waals surface area contributed by atoms with Gasteiger partial charge in [-0.3, -0.25) is 14.0 Å². The zero-order valence-corrected chi connectivity index (χ0v) is 26.6. The van der Waals surface area contributed by atoms with Crippen LogP contribution in [0, 0.1) is 0 Å². The zero-order valence-electron chi connectivity index (χ0n) is 24.0. The summed E-state index contributed by atoms with van der Waals surface area (Å²) in [5, 5.41) is 0. The first-order valence-electron chi connectivity index (χ1n) is 14.3. The standard InChI is InChI=1S/C33H37NO6P2S/c35-41(37-25-29-13-5-1-6-14-29,38-26-30-15-7-2-8-16-30)33(34-21-23-43-24-22-34)42(36,39-27-31-17-9-3-10-18-31)40-28-32-19-11-4-12-20-32/h1-20,33H,21-28H2. The second kappa shape index (κ2) is 16.0. The minimum Gasteiger partial charge on any atom is -0.302 e. The third kappa shape index (κ3) is 9.24. The van der Waals surface area contributed by atoms with E-state index in [4.69, 9.17) is 18.1 Å². The van der Waals surface area contributed by atoms with Gasteiger partial charge in [-0.05, 0) is 22.3 Å². The van der Waals surface area contributed by atoms with E-state index in [-0.39, 0.29) is 26.4 Å². The highest BCUT2D eigenvalue weighted by Crippen LogP contribution is 2.72. The van der Waals surface area contributed by atoms with E-state index in [1.54, 1.807) is 11.8 Å². The normalized spacial score (nSPS) is 14.6. The lowest BCUT2D eigenvalue weighted by atomic mass is 10.2. The van der Waals surface area contributed by atoms with Gasteiger partial charge < -0.3 is 18.1 Å². The molecule has 226 valence electrons. The van der Waals surface area contributed by atoms with Crippen molar-refractivity contribution in [3.8, 4) is 0 Å². The minimum atomic E-state index is -4.19. The van der Waals surface area contributed by atoms with Gasteiger partial charge >= 0.3 is 15.2 Å². The van der Waals surface area contributed by atoms with Crippen LogP contribution in [0.2, 0.25) is 0 Å². The van der Waals surface area contributed by atoms with Gasteiger partial charge in [-0.2, -0.15) is 11.8 Å².